The van der Waals surface area contributed by atoms with E-state index in [4.69, 9.17) is 9.47 Å². The third-order valence-electron chi connectivity index (χ3n) is 4.63. The lowest BCUT2D eigenvalue weighted by atomic mass is 10.2. The van der Waals surface area contributed by atoms with Crippen molar-refractivity contribution in [3.63, 3.8) is 0 Å². The Bertz CT molecular complexity index is 622. The van der Waals surface area contributed by atoms with E-state index in [0.717, 1.165) is 50.8 Å². The molecule has 0 spiro atoms. The first-order chi connectivity index (χ1) is 12.2. The number of ether oxygens (including phenoxy) is 2. The molecule has 1 aliphatic rings. The molecule has 3 rings (SSSR count). The van der Waals surface area contributed by atoms with Gasteiger partial charge < -0.3 is 9.47 Å². The number of methoxy groups -OCH3 is 1. The molecule has 0 amide bonds. The fourth-order valence-corrected chi connectivity index (χ4v) is 3.25. The van der Waals surface area contributed by atoms with Crippen molar-refractivity contribution in [2.75, 3.05) is 39.8 Å². The number of para-hydroxylation sites is 1. The monoisotopic (exact) mass is 340 g/mol. The lowest BCUT2D eigenvalue weighted by molar-refractivity contribution is 0.0874. The van der Waals surface area contributed by atoms with Crippen LogP contribution in [-0.4, -0.2) is 55.7 Å². The molecule has 0 saturated carbocycles. The predicted molar refractivity (Wildman–Crippen MR) is 101 cm³/mol. The largest absolute Gasteiger partial charge is 0.497 e. The van der Waals surface area contributed by atoms with E-state index in [1.165, 1.54) is 5.56 Å². The van der Waals surface area contributed by atoms with Crippen molar-refractivity contribution in [1.82, 2.24) is 9.80 Å². The topological polar surface area (TPSA) is 24.9 Å². The minimum absolute atomic E-state index is 0.204. The van der Waals surface area contributed by atoms with Crippen LogP contribution in [0.2, 0.25) is 0 Å². The van der Waals surface area contributed by atoms with E-state index in [2.05, 4.69) is 28.9 Å². The number of nitrogens with zero attached hydrogens (tertiary/aromatic N) is 2. The van der Waals surface area contributed by atoms with Crippen LogP contribution in [0.5, 0.6) is 11.5 Å². The highest BCUT2D eigenvalue weighted by Gasteiger charge is 2.19. The third kappa shape index (κ3) is 5.48. The third-order valence-corrected chi connectivity index (χ3v) is 4.63. The van der Waals surface area contributed by atoms with Gasteiger partial charge in [-0.05, 0) is 36.8 Å². The first-order valence-electron chi connectivity index (χ1n) is 9.02. The van der Waals surface area contributed by atoms with Crippen molar-refractivity contribution in [3.8, 4) is 11.5 Å². The van der Waals surface area contributed by atoms with Gasteiger partial charge in [0.05, 0.1) is 7.11 Å². The van der Waals surface area contributed by atoms with Crippen LogP contribution < -0.4 is 9.47 Å². The van der Waals surface area contributed by atoms with Crippen molar-refractivity contribution in [1.29, 1.82) is 0 Å². The van der Waals surface area contributed by atoms with Crippen LogP contribution in [0.25, 0.3) is 0 Å². The molecule has 1 fully saturated rings. The SMILES string of the molecule is COc1ccc(CN2CCN(CC(C)Oc3ccccc3)CC2)cc1. The summed E-state index contributed by atoms with van der Waals surface area (Å²) >= 11 is 0. The zero-order chi connectivity index (χ0) is 17.5. The highest BCUT2D eigenvalue weighted by molar-refractivity contribution is 5.27. The van der Waals surface area contributed by atoms with Gasteiger partial charge in [-0.15, -0.1) is 0 Å². The molecule has 4 nitrogen and oxygen atoms in total. The molecule has 0 bridgehead atoms. The number of hydrogen-bond acceptors (Lipinski definition) is 4. The standard InChI is InChI=1S/C21H28N2O2/c1-18(25-21-6-4-3-5-7-21)16-22-12-14-23(15-13-22)17-19-8-10-20(24-2)11-9-19/h3-11,18H,12-17H2,1-2H3. The molecule has 0 aliphatic carbocycles. The van der Waals surface area contributed by atoms with Crippen LogP contribution in [0.3, 0.4) is 0 Å². The maximum Gasteiger partial charge on any atom is 0.119 e. The number of rotatable bonds is 7. The molecule has 1 heterocycles. The normalized spacial score (nSPS) is 17.2. The second-order valence-corrected chi connectivity index (χ2v) is 6.67. The van der Waals surface area contributed by atoms with Gasteiger partial charge in [0.2, 0.25) is 0 Å². The Labute approximate surface area is 151 Å². The van der Waals surface area contributed by atoms with Gasteiger partial charge in [-0.25, -0.2) is 0 Å². The molecule has 0 radical (unpaired) electrons. The van der Waals surface area contributed by atoms with Crippen molar-refractivity contribution < 1.29 is 9.47 Å². The molecule has 25 heavy (non-hydrogen) atoms. The van der Waals surface area contributed by atoms with E-state index >= 15 is 0 Å². The summed E-state index contributed by atoms with van der Waals surface area (Å²) in [6.07, 6.45) is 0.204. The van der Waals surface area contributed by atoms with E-state index in [1.54, 1.807) is 7.11 Å². The highest BCUT2D eigenvalue weighted by atomic mass is 16.5. The van der Waals surface area contributed by atoms with Gasteiger partial charge in [0, 0.05) is 39.3 Å². The second kappa shape index (κ2) is 8.88. The molecule has 1 atom stereocenters. The summed E-state index contributed by atoms with van der Waals surface area (Å²) in [5.41, 5.74) is 1.34. The van der Waals surface area contributed by atoms with Gasteiger partial charge in [0.1, 0.15) is 17.6 Å². The molecule has 2 aromatic rings. The number of piperazine rings is 1. The van der Waals surface area contributed by atoms with E-state index in [0.29, 0.717) is 0 Å². The smallest absolute Gasteiger partial charge is 0.119 e. The van der Waals surface area contributed by atoms with Gasteiger partial charge in [-0.1, -0.05) is 30.3 Å². The Morgan fingerprint density at radius 3 is 2.12 bits per heavy atom. The van der Waals surface area contributed by atoms with Crippen LogP contribution in [0.4, 0.5) is 0 Å². The van der Waals surface area contributed by atoms with Crippen LogP contribution >= 0.6 is 0 Å². The fourth-order valence-electron chi connectivity index (χ4n) is 3.25. The summed E-state index contributed by atoms with van der Waals surface area (Å²) in [5.74, 6) is 1.87. The lowest BCUT2D eigenvalue weighted by Crippen LogP contribution is -2.48. The summed E-state index contributed by atoms with van der Waals surface area (Å²) in [6.45, 7) is 8.53. The van der Waals surface area contributed by atoms with Crippen LogP contribution in [0, 0.1) is 0 Å². The average molecular weight is 340 g/mol. The van der Waals surface area contributed by atoms with Crippen LogP contribution in [0.15, 0.2) is 54.6 Å². The molecular weight excluding hydrogens is 312 g/mol. The Kier molecular flexibility index (Phi) is 6.31. The van der Waals surface area contributed by atoms with Gasteiger partial charge in [0.15, 0.2) is 0 Å². The molecule has 4 heteroatoms. The quantitative estimate of drug-likeness (QED) is 0.772. The molecule has 0 N–H and O–H groups in total. The highest BCUT2D eigenvalue weighted by Crippen LogP contribution is 2.15. The number of benzene rings is 2. The fraction of sp³-hybridized carbons (Fsp3) is 0.429. The van der Waals surface area contributed by atoms with E-state index < -0.39 is 0 Å². The zero-order valence-corrected chi connectivity index (χ0v) is 15.2. The molecule has 2 aromatic carbocycles. The predicted octanol–water partition coefficient (Wildman–Crippen LogP) is 3.28. The Balaban J connectivity index is 1.40. The van der Waals surface area contributed by atoms with Crippen molar-refractivity contribution >= 4 is 0 Å². The first-order valence-corrected chi connectivity index (χ1v) is 9.02. The van der Waals surface area contributed by atoms with Gasteiger partial charge >= 0.3 is 0 Å². The molecule has 1 unspecified atom stereocenters. The van der Waals surface area contributed by atoms with E-state index in [9.17, 15) is 0 Å². The lowest BCUT2D eigenvalue weighted by Gasteiger charge is -2.35. The number of hydrogen-bond donors (Lipinski definition) is 0. The summed E-state index contributed by atoms with van der Waals surface area (Å²) in [6, 6.07) is 18.5. The summed E-state index contributed by atoms with van der Waals surface area (Å²) in [4.78, 5) is 5.01. The molecule has 1 saturated heterocycles. The Hall–Kier alpha value is -2.04. The second-order valence-electron chi connectivity index (χ2n) is 6.67. The van der Waals surface area contributed by atoms with Crippen LogP contribution in [0.1, 0.15) is 12.5 Å². The molecule has 0 aromatic heterocycles. The Morgan fingerprint density at radius 2 is 1.48 bits per heavy atom. The maximum atomic E-state index is 5.99. The van der Waals surface area contributed by atoms with Gasteiger partial charge in [0.25, 0.3) is 0 Å². The van der Waals surface area contributed by atoms with Crippen molar-refractivity contribution in [2.24, 2.45) is 0 Å². The molecule has 1 aliphatic heterocycles. The first kappa shape index (κ1) is 17.8. The van der Waals surface area contributed by atoms with Gasteiger partial charge in [-0.3, -0.25) is 9.80 Å². The minimum Gasteiger partial charge on any atom is -0.497 e. The summed E-state index contributed by atoms with van der Waals surface area (Å²) in [7, 11) is 1.71. The van der Waals surface area contributed by atoms with Crippen molar-refractivity contribution in [3.05, 3.63) is 60.2 Å². The van der Waals surface area contributed by atoms with E-state index in [-0.39, 0.29) is 6.10 Å². The van der Waals surface area contributed by atoms with Crippen molar-refractivity contribution in [2.45, 2.75) is 19.6 Å². The minimum atomic E-state index is 0.204. The summed E-state index contributed by atoms with van der Waals surface area (Å²) < 4.78 is 11.2. The average Bonchev–Trinajstić information content (AvgIpc) is 2.65. The summed E-state index contributed by atoms with van der Waals surface area (Å²) in [5, 5.41) is 0. The zero-order valence-electron chi connectivity index (χ0n) is 15.2. The van der Waals surface area contributed by atoms with Gasteiger partial charge in [-0.2, -0.15) is 0 Å². The molecule has 134 valence electrons. The van der Waals surface area contributed by atoms with E-state index in [1.807, 2.05) is 42.5 Å². The Morgan fingerprint density at radius 1 is 0.840 bits per heavy atom. The maximum absolute atomic E-state index is 5.99. The van der Waals surface area contributed by atoms with Crippen LogP contribution in [-0.2, 0) is 6.54 Å². The molecular formula is C21H28N2O2.